The van der Waals surface area contributed by atoms with Crippen molar-refractivity contribution in [3.63, 3.8) is 0 Å². The Morgan fingerprint density at radius 3 is 1.54 bits per heavy atom. The molecular formula is C64H37N3O2. The summed E-state index contributed by atoms with van der Waals surface area (Å²) in [6.45, 7) is 0. The number of rotatable bonds is 5. The molecule has 15 rings (SSSR count). The maximum Gasteiger partial charge on any atom is 0.167 e. The Morgan fingerprint density at radius 2 is 0.768 bits per heavy atom. The lowest BCUT2D eigenvalue weighted by Gasteiger charge is -2.30. The van der Waals surface area contributed by atoms with Crippen molar-refractivity contribution in [3.05, 3.63) is 247 Å². The highest BCUT2D eigenvalue weighted by molar-refractivity contribution is 6.13. The summed E-state index contributed by atoms with van der Waals surface area (Å²) in [5.41, 5.74) is 20.2. The molecule has 0 fully saturated rings. The number of hydrogen-bond donors (Lipinski definition) is 0. The van der Waals surface area contributed by atoms with Gasteiger partial charge >= 0.3 is 0 Å². The highest BCUT2D eigenvalue weighted by Crippen LogP contribution is 2.63. The largest absolute Gasteiger partial charge is 0.456 e. The van der Waals surface area contributed by atoms with E-state index in [2.05, 4.69) is 176 Å². The lowest BCUT2D eigenvalue weighted by molar-refractivity contribution is 0.668. The Labute approximate surface area is 396 Å². The highest BCUT2D eigenvalue weighted by atomic mass is 16.3. The summed E-state index contributed by atoms with van der Waals surface area (Å²) in [4.78, 5) is 15.8. The van der Waals surface area contributed by atoms with Crippen LogP contribution in [0.2, 0.25) is 0 Å². The summed E-state index contributed by atoms with van der Waals surface area (Å²) >= 11 is 0. The van der Waals surface area contributed by atoms with Gasteiger partial charge in [-0.3, -0.25) is 0 Å². The van der Waals surface area contributed by atoms with E-state index < -0.39 is 0 Å². The van der Waals surface area contributed by atoms with Gasteiger partial charge in [-0.25, -0.2) is 15.0 Å². The third-order valence-corrected chi connectivity index (χ3v) is 14.6. The fourth-order valence-corrected chi connectivity index (χ4v) is 11.6. The summed E-state index contributed by atoms with van der Waals surface area (Å²) < 4.78 is 13.2. The molecule has 0 aliphatic heterocycles. The Kier molecular flexibility index (Phi) is 7.93. The van der Waals surface area contributed by atoms with Crippen molar-refractivity contribution in [2.45, 2.75) is 5.41 Å². The second-order valence-corrected chi connectivity index (χ2v) is 18.2. The van der Waals surface area contributed by atoms with E-state index in [-0.39, 0.29) is 5.41 Å². The van der Waals surface area contributed by atoms with Crippen molar-refractivity contribution in [2.24, 2.45) is 0 Å². The average molecular weight is 880 g/mol. The maximum atomic E-state index is 6.65. The van der Waals surface area contributed by atoms with Gasteiger partial charge in [0.05, 0.1) is 11.0 Å². The molecule has 2 aliphatic carbocycles. The van der Waals surface area contributed by atoms with Crippen LogP contribution in [0.4, 0.5) is 0 Å². The van der Waals surface area contributed by atoms with Crippen LogP contribution in [0.1, 0.15) is 22.3 Å². The maximum absolute atomic E-state index is 6.65. The molecule has 0 radical (unpaired) electrons. The second kappa shape index (κ2) is 14.4. The van der Waals surface area contributed by atoms with E-state index in [0.717, 1.165) is 82.8 Å². The topological polar surface area (TPSA) is 65.0 Å². The summed E-state index contributed by atoms with van der Waals surface area (Å²) in [7, 11) is 0. The van der Waals surface area contributed by atoms with Gasteiger partial charge in [0.15, 0.2) is 17.5 Å². The number of nitrogens with zero attached hydrogens (tertiary/aromatic N) is 3. The van der Waals surface area contributed by atoms with Crippen LogP contribution in [0.5, 0.6) is 0 Å². The number of benzene rings is 10. The van der Waals surface area contributed by atoms with Crippen LogP contribution in [-0.4, -0.2) is 15.0 Å². The van der Waals surface area contributed by atoms with Crippen molar-refractivity contribution in [1.82, 2.24) is 15.0 Å². The van der Waals surface area contributed by atoms with Gasteiger partial charge in [0, 0.05) is 32.7 Å². The summed E-state index contributed by atoms with van der Waals surface area (Å²) in [6, 6.07) is 79.7. The first-order valence-electron chi connectivity index (χ1n) is 23.4. The lowest BCUT2D eigenvalue weighted by Crippen LogP contribution is -2.25. The van der Waals surface area contributed by atoms with E-state index in [9.17, 15) is 0 Å². The monoisotopic (exact) mass is 879 g/mol. The van der Waals surface area contributed by atoms with Crippen molar-refractivity contribution in [3.8, 4) is 78.7 Å². The Morgan fingerprint density at radius 1 is 0.275 bits per heavy atom. The average Bonchev–Trinajstić information content (AvgIpc) is 4.16. The SMILES string of the molecule is c1ccc(-c2ccc(-c3nc(-c4cccc5c4oc4ccccc45)nc(-c4cccc5oc6ccc(-c7ccc8c(c7)-c7ccccc7C87c8ccccc8-c8ccccc87)cc6c45)n3)cc2)cc1. The summed E-state index contributed by atoms with van der Waals surface area (Å²) in [5, 5.41) is 4.00. The van der Waals surface area contributed by atoms with Gasteiger partial charge in [0.25, 0.3) is 0 Å². The van der Waals surface area contributed by atoms with E-state index in [4.69, 9.17) is 23.8 Å². The van der Waals surface area contributed by atoms with E-state index in [1.54, 1.807) is 0 Å². The lowest BCUT2D eigenvalue weighted by atomic mass is 9.70. The fraction of sp³-hybridized carbons (Fsp3) is 0.0156. The Balaban J connectivity index is 0.906. The van der Waals surface area contributed by atoms with Crippen molar-refractivity contribution >= 4 is 43.9 Å². The molecule has 3 heterocycles. The van der Waals surface area contributed by atoms with Gasteiger partial charge in [-0.05, 0) is 103 Å². The van der Waals surface area contributed by atoms with E-state index >= 15 is 0 Å². The zero-order valence-corrected chi connectivity index (χ0v) is 37.0. The quantitative estimate of drug-likeness (QED) is 0.172. The first-order valence-corrected chi connectivity index (χ1v) is 23.4. The minimum atomic E-state index is -0.390. The van der Waals surface area contributed by atoms with Crippen LogP contribution in [0.25, 0.3) is 123 Å². The molecule has 3 aromatic heterocycles. The van der Waals surface area contributed by atoms with Gasteiger partial charge in [-0.15, -0.1) is 0 Å². The number of fused-ring (bicyclic) bond motifs is 16. The molecule has 0 bridgehead atoms. The van der Waals surface area contributed by atoms with Crippen molar-refractivity contribution in [2.75, 3.05) is 0 Å². The summed E-state index contributed by atoms with van der Waals surface area (Å²) in [5.74, 6) is 1.64. The molecule has 0 saturated heterocycles. The zero-order valence-electron chi connectivity index (χ0n) is 37.0. The van der Waals surface area contributed by atoms with Gasteiger partial charge in [-0.2, -0.15) is 0 Å². The summed E-state index contributed by atoms with van der Waals surface area (Å²) in [6.07, 6.45) is 0. The molecule has 69 heavy (non-hydrogen) atoms. The van der Waals surface area contributed by atoms with Crippen LogP contribution < -0.4 is 0 Å². The first kappa shape index (κ1) is 38.0. The molecule has 320 valence electrons. The number of aromatic nitrogens is 3. The van der Waals surface area contributed by atoms with Crippen LogP contribution in [-0.2, 0) is 5.41 Å². The molecule has 2 aliphatic rings. The van der Waals surface area contributed by atoms with Crippen LogP contribution in [0.15, 0.2) is 233 Å². The molecule has 0 saturated carbocycles. The normalized spacial score (nSPS) is 13.0. The van der Waals surface area contributed by atoms with Crippen molar-refractivity contribution < 1.29 is 8.83 Å². The molecule has 0 unspecified atom stereocenters. The predicted octanol–water partition coefficient (Wildman–Crippen LogP) is 16.3. The molecule has 13 aromatic rings. The number of furan rings is 2. The van der Waals surface area contributed by atoms with Crippen LogP contribution in [0, 0.1) is 0 Å². The third-order valence-electron chi connectivity index (χ3n) is 14.6. The second-order valence-electron chi connectivity index (χ2n) is 18.2. The van der Waals surface area contributed by atoms with E-state index in [1.807, 2.05) is 48.5 Å². The molecule has 0 N–H and O–H groups in total. The highest BCUT2D eigenvalue weighted by Gasteiger charge is 2.51. The number of para-hydroxylation sites is 2. The molecule has 5 heteroatoms. The molecule has 10 aromatic carbocycles. The minimum Gasteiger partial charge on any atom is -0.456 e. The van der Waals surface area contributed by atoms with Crippen LogP contribution >= 0.6 is 0 Å². The molecule has 0 amide bonds. The Hall–Kier alpha value is -9.19. The molecule has 1 spiro atoms. The first-order chi connectivity index (χ1) is 34.2. The van der Waals surface area contributed by atoms with Gasteiger partial charge in [0.1, 0.15) is 22.3 Å². The standard InChI is InChI=1S/C64H37N3O2/c1-2-14-38(15-3-1)39-28-30-40(31-29-39)61-65-62(67-63(66-61)49-22-12-20-47-46-19-7-11-26-56(46)69-60(47)49)48-21-13-27-58-59(48)51-37-42(33-35-57(51)68-58)41-32-34-55-50(36-41)45-18-6-10-25-54(45)64(55)52-23-8-4-16-43(52)44-17-5-9-24-53(44)64/h1-37H. The zero-order chi connectivity index (χ0) is 45.2. The van der Waals surface area contributed by atoms with Crippen LogP contribution in [0.3, 0.4) is 0 Å². The van der Waals surface area contributed by atoms with E-state index in [0.29, 0.717) is 17.5 Å². The number of hydrogen-bond acceptors (Lipinski definition) is 5. The molecular weight excluding hydrogens is 843 g/mol. The van der Waals surface area contributed by atoms with Gasteiger partial charge < -0.3 is 8.83 Å². The molecule has 5 nitrogen and oxygen atoms in total. The predicted molar refractivity (Wildman–Crippen MR) is 278 cm³/mol. The fourth-order valence-electron chi connectivity index (χ4n) is 11.6. The van der Waals surface area contributed by atoms with Gasteiger partial charge in [-0.1, -0.05) is 188 Å². The van der Waals surface area contributed by atoms with Gasteiger partial charge in [0.2, 0.25) is 0 Å². The van der Waals surface area contributed by atoms with E-state index in [1.165, 1.54) is 44.5 Å². The Bertz CT molecular complexity index is 4210. The van der Waals surface area contributed by atoms with Crippen molar-refractivity contribution in [1.29, 1.82) is 0 Å². The minimum absolute atomic E-state index is 0.390. The smallest absolute Gasteiger partial charge is 0.167 e. The third kappa shape index (κ3) is 5.44. The molecule has 0 atom stereocenters.